The highest BCUT2D eigenvalue weighted by atomic mass is 16.5. The first-order valence-corrected chi connectivity index (χ1v) is 4.79. The van der Waals surface area contributed by atoms with Crippen LogP contribution in [0.1, 0.15) is 39.0 Å². The smallest absolute Gasteiger partial charge is 0.319 e. The molecular weight excluding hydrogens is 168 g/mol. The van der Waals surface area contributed by atoms with Crippen LogP contribution in [0.2, 0.25) is 0 Å². The molecule has 0 aromatic carbocycles. The van der Waals surface area contributed by atoms with Crippen molar-refractivity contribution in [1.29, 1.82) is 0 Å². The number of hydrogen-bond donors (Lipinski definition) is 0. The summed E-state index contributed by atoms with van der Waals surface area (Å²) in [6.45, 7) is 1.88. The lowest BCUT2D eigenvalue weighted by Crippen LogP contribution is -2.41. The quantitative estimate of drug-likeness (QED) is 0.484. The molecule has 1 saturated carbocycles. The van der Waals surface area contributed by atoms with Crippen molar-refractivity contribution in [1.82, 2.24) is 0 Å². The van der Waals surface area contributed by atoms with Crippen LogP contribution in [0.15, 0.2) is 0 Å². The van der Waals surface area contributed by atoms with Crippen molar-refractivity contribution in [2.24, 2.45) is 5.41 Å². The van der Waals surface area contributed by atoms with E-state index >= 15 is 0 Å². The summed E-state index contributed by atoms with van der Waals surface area (Å²) in [5.74, 6) is -0.284. The van der Waals surface area contributed by atoms with Gasteiger partial charge in [0, 0.05) is 6.42 Å². The van der Waals surface area contributed by atoms with Gasteiger partial charge in [0.15, 0.2) is 0 Å². The van der Waals surface area contributed by atoms with Crippen LogP contribution in [-0.2, 0) is 14.3 Å². The summed E-state index contributed by atoms with van der Waals surface area (Å²) in [5, 5.41) is 0. The Balaban J connectivity index is 2.88. The van der Waals surface area contributed by atoms with E-state index in [1.807, 2.05) is 6.92 Å². The Morgan fingerprint density at radius 1 is 1.54 bits per heavy atom. The number of rotatable bonds is 2. The van der Waals surface area contributed by atoms with Crippen LogP contribution in [0.4, 0.5) is 0 Å². The monoisotopic (exact) mass is 184 g/mol. The highest BCUT2D eigenvalue weighted by Gasteiger charge is 2.45. The van der Waals surface area contributed by atoms with Gasteiger partial charge in [0.2, 0.25) is 0 Å². The fourth-order valence-electron chi connectivity index (χ4n) is 2.02. The molecule has 3 heteroatoms. The van der Waals surface area contributed by atoms with Crippen molar-refractivity contribution in [3.63, 3.8) is 0 Å². The average Bonchev–Trinajstić information content (AvgIpc) is 2.18. The first-order chi connectivity index (χ1) is 6.17. The van der Waals surface area contributed by atoms with Gasteiger partial charge in [0.25, 0.3) is 0 Å². The van der Waals surface area contributed by atoms with Crippen molar-refractivity contribution in [3.8, 4) is 0 Å². The fourth-order valence-corrected chi connectivity index (χ4v) is 2.02. The Morgan fingerprint density at radius 3 is 2.69 bits per heavy atom. The molecule has 0 radical (unpaired) electrons. The second kappa shape index (κ2) is 3.90. The van der Waals surface area contributed by atoms with Crippen LogP contribution in [0.3, 0.4) is 0 Å². The average molecular weight is 184 g/mol. The van der Waals surface area contributed by atoms with Gasteiger partial charge >= 0.3 is 5.97 Å². The van der Waals surface area contributed by atoms with Gasteiger partial charge in [0.05, 0.1) is 7.11 Å². The van der Waals surface area contributed by atoms with Gasteiger partial charge in [-0.05, 0) is 19.3 Å². The minimum atomic E-state index is -0.812. The van der Waals surface area contributed by atoms with E-state index in [0.29, 0.717) is 19.3 Å². The summed E-state index contributed by atoms with van der Waals surface area (Å²) in [6.07, 6.45) is 3.63. The molecule has 1 aliphatic carbocycles. The molecule has 0 aromatic heterocycles. The van der Waals surface area contributed by atoms with Crippen molar-refractivity contribution in [3.05, 3.63) is 0 Å². The lowest BCUT2D eigenvalue weighted by molar-refractivity contribution is -0.160. The molecule has 0 N–H and O–H groups in total. The number of carbonyl (C=O) groups excluding carboxylic acids is 2. The SMILES string of the molecule is CC[C@]1(C(=O)OC)CCCCC1=O. The van der Waals surface area contributed by atoms with Gasteiger partial charge in [-0.2, -0.15) is 0 Å². The maximum atomic E-state index is 11.6. The molecule has 0 unspecified atom stereocenters. The molecule has 13 heavy (non-hydrogen) atoms. The molecule has 1 aliphatic rings. The van der Waals surface area contributed by atoms with Crippen molar-refractivity contribution in [2.75, 3.05) is 7.11 Å². The maximum absolute atomic E-state index is 11.6. The Hall–Kier alpha value is -0.860. The number of Topliss-reactive ketones (excluding diaryl/α,β-unsaturated/α-hetero) is 1. The lowest BCUT2D eigenvalue weighted by Gasteiger charge is -2.31. The molecule has 3 nitrogen and oxygen atoms in total. The minimum absolute atomic E-state index is 0.0631. The Bertz CT molecular complexity index is 212. The fraction of sp³-hybridized carbons (Fsp3) is 0.800. The van der Waals surface area contributed by atoms with Crippen LogP contribution >= 0.6 is 0 Å². The van der Waals surface area contributed by atoms with Gasteiger partial charge in [-0.15, -0.1) is 0 Å². The van der Waals surface area contributed by atoms with Crippen molar-refractivity contribution < 1.29 is 14.3 Å². The Morgan fingerprint density at radius 2 is 2.23 bits per heavy atom. The molecule has 1 rings (SSSR count). The highest BCUT2D eigenvalue weighted by Crippen LogP contribution is 2.37. The number of ether oxygens (including phenoxy) is 1. The van der Waals surface area contributed by atoms with Crippen molar-refractivity contribution in [2.45, 2.75) is 39.0 Å². The molecule has 1 fully saturated rings. The van der Waals surface area contributed by atoms with Gasteiger partial charge in [0.1, 0.15) is 11.2 Å². The van der Waals surface area contributed by atoms with Crippen LogP contribution in [0.25, 0.3) is 0 Å². The summed E-state index contributed by atoms with van der Waals surface area (Å²) < 4.78 is 4.69. The number of hydrogen-bond acceptors (Lipinski definition) is 3. The summed E-state index contributed by atoms with van der Waals surface area (Å²) in [7, 11) is 1.35. The zero-order valence-corrected chi connectivity index (χ0v) is 8.26. The van der Waals surface area contributed by atoms with Gasteiger partial charge in [-0.25, -0.2) is 0 Å². The molecule has 0 bridgehead atoms. The highest BCUT2D eigenvalue weighted by molar-refractivity contribution is 6.04. The van der Waals surface area contributed by atoms with Crippen LogP contribution in [0.5, 0.6) is 0 Å². The number of ketones is 1. The van der Waals surface area contributed by atoms with E-state index in [1.54, 1.807) is 0 Å². The zero-order chi connectivity index (χ0) is 9.90. The number of esters is 1. The van der Waals surface area contributed by atoms with Gasteiger partial charge in [-0.1, -0.05) is 13.3 Å². The number of methoxy groups -OCH3 is 1. The van der Waals surface area contributed by atoms with E-state index < -0.39 is 5.41 Å². The molecule has 0 aliphatic heterocycles. The normalized spacial score (nSPS) is 28.6. The van der Waals surface area contributed by atoms with E-state index in [4.69, 9.17) is 4.74 Å². The first kappa shape index (κ1) is 10.2. The minimum Gasteiger partial charge on any atom is -0.468 e. The molecule has 74 valence electrons. The predicted octanol–water partition coefficient (Wildman–Crippen LogP) is 1.70. The second-order valence-corrected chi connectivity index (χ2v) is 3.56. The largest absolute Gasteiger partial charge is 0.468 e. The third-order valence-corrected chi connectivity index (χ3v) is 2.97. The molecule has 1 atom stereocenters. The van der Waals surface area contributed by atoms with Crippen LogP contribution in [-0.4, -0.2) is 18.9 Å². The summed E-state index contributed by atoms with van der Waals surface area (Å²) >= 11 is 0. The van der Waals surface area contributed by atoms with Crippen LogP contribution < -0.4 is 0 Å². The molecular formula is C10H16O3. The maximum Gasteiger partial charge on any atom is 0.319 e. The third-order valence-electron chi connectivity index (χ3n) is 2.97. The van der Waals surface area contributed by atoms with Crippen molar-refractivity contribution >= 4 is 11.8 Å². The van der Waals surface area contributed by atoms with Crippen LogP contribution in [0, 0.1) is 5.41 Å². The van der Waals surface area contributed by atoms with E-state index in [-0.39, 0.29) is 11.8 Å². The zero-order valence-electron chi connectivity index (χ0n) is 8.26. The van der Waals surface area contributed by atoms with Gasteiger partial charge < -0.3 is 4.74 Å². The second-order valence-electron chi connectivity index (χ2n) is 3.56. The molecule has 0 aromatic rings. The Labute approximate surface area is 78.5 Å². The van der Waals surface area contributed by atoms with E-state index in [2.05, 4.69) is 0 Å². The summed E-state index contributed by atoms with van der Waals surface area (Å²) in [6, 6.07) is 0. The number of carbonyl (C=O) groups is 2. The molecule has 0 amide bonds. The summed E-state index contributed by atoms with van der Waals surface area (Å²) in [5.41, 5.74) is -0.812. The Kier molecular flexibility index (Phi) is 3.07. The molecule has 0 heterocycles. The topological polar surface area (TPSA) is 43.4 Å². The summed E-state index contributed by atoms with van der Waals surface area (Å²) in [4.78, 5) is 23.1. The standard InChI is InChI=1S/C10H16O3/c1-3-10(9(12)13-2)7-5-4-6-8(10)11/h3-7H2,1-2H3/t10-/m0/s1. The lowest BCUT2D eigenvalue weighted by atomic mass is 9.71. The first-order valence-electron chi connectivity index (χ1n) is 4.79. The van der Waals surface area contributed by atoms with E-state index in [0.717, 1.165) is 12.8 Å². The predicted molar refractivity (Wildman–Crippen MR) is 48.2 cm³/mol. The van der Waals surface area contributed by atoms with Gasteiger partial charge in [-0.3, -0.25) is 9.59 Å². The third kappa shape index (κ3) is 1.60. The molecule has 0 spiro atoms. The van der Waals surface area contributed by atoms with E-state index in [1.165, 1.54) is 7.11 Å². The van der Waals surface area contributed by atoms with E-state index in [9.17, 15) is 9.59 Å². The molecule has 0 saturated heterocycles.